The van der Waals surface area contributed by atoms with Gasteiger partial charge in [-0.25, -0.2) is 13.1 Å². The van der Waals surface area contributed by atoms with E-state index < -0.39 is 10.0 Å². The van der Waals surface area contributed by atoms with E-state index in [1.54, 1.807) is 37.5 Å². The van der Waals surface area contributed by atoms with Crippen LogP contribution >= 0.6 is 0 Å². The number of benzene rings is 1. The number of methoxy groups -OCH3 is 1. The number of anilines is 1. The van der Waals surface area contributed by atoms with E-state index in [1.165, 1.54) is 11.8 Å². The number of rotatable bonds is 5. The molecule has 0 unspecified atom stereocenters. The van der Waals surface area contributed by atoms with Crippen LogP contribution in [0.25, 0.3) is 11.0 Å². The third-order valence-electron chi connectivity index (χ3n) is 3.62. The fraction of sp³-hybridized carbons (Fsp3) is 0.267. The highest BCUT2D eigenvalue weighted by Gasteiger charge is 2.18. The van der Waals surface area contributed by atoms with Gasteiger partial charge in [0.15, 0.2) is 5.65 Å². The Kier molecular flexibility index (Phi) is 4.10. The van der Waals surface area contributed by atoms with Crippen LogP contribution in [0.4, 0.5) is 5.95 Å². The zero-order valence-electron chi connectivity index (χ0n) is 13.5. The van der Waals surface area contributed by atoms with Crippen LogP contribution in [0.5, 0.6) is 5.88 Å². The number of nitrogens with one attached hydrogen (secondary N) is 1. The van der Waals surface area contributed by atoms with Crippen molar-refractivity contribution in [3.05, 3.63) is 36.0 Å². The predicted octanol–water partition coefficient (Wildman–Crippen LogP) is 1.74. The molecule has 2 heterocycles. The summed E-state index contributed by atoms with van der Waals surface area (Å²) in [6.45, 7) is 2.00. The van der Waals surface area contributed by atoms with E-state index in [0.717, 1.165) is 12.0 Å². The van der Waals surface area contributed by atoms with Gasteiger partial charge in [0.05, 0.1) is 18.2 Å². The molecule has 0 radical (unpaired) electrons. The Bertz CT molecular complexity index is 980. The summed E-state index contributed by atoms with van der Waals surface area (Å²) in [5.74, 6) is 0.189. The summed E-state index contributed by atoms with van der Waals surface area (Å²) < 4.78 is 34.1. The number of sulfonamides is 1. The van der Waals surface area contributed by atoms with Crippen LogP contribution in [0.1, 0.15) is 12.5 Å². The molecule has 1 N–H and O–H groups in total. The lowest BCUT2D eigenvalue weighted by atomic mass is 10.2. The van der Waals surface area contributed by atoms with E-state index in [4.69, 9.17) is 4.74 Å². The molecule has 9 heteroatoms. The highest BCUT2D eigenvalue weighted by atomic mass is 32.2. The van der Waals surface area contributed by atoms with Crippen molar-refractivity contribution in [1.29, 1.82) is 0 Å². The number of hydrogen-bond donors (Lipinski definition) is 1. The van der Waals surface area contributed by atoms with Crippen molar-refractivity contribution in [2.45, 2.75) is 18.2 Å². The highest BCUT2D eigenvalue weighted by molar-refractivity contribution is 7.92. The number of aromatic nitrogens is 4. The van der Waals surface area contributed by atoms with E-state index in [0.29, 0.717) is 11.0 Å². The Hall–Kier alpha value is -2.68. The van der Waals surface area contributed by atoms with E-state index >= 15 is 0 Å². The summed E-state index contributed by atoms with van der Waals surface area (Å²) in [6.07, 6.45) is 2.40. The van der Waals surface area contributed by atoms with Gasteiger partial charge in [0.1, 0.15) is 5.39 Å². The molecule has 0 amide bonds. The van der Waals surface area contributed by atoms with E-state index in [-0.39, 0.29) is 16.7 Å². The van der Waals surface area contributed by atoms with Crippen LogP contribution in [0.2, 0.25) is 0 Å². The summed E-state index contributed by atoms with van der Waals surface area (Å²) in [7, 11) is -0.628. The topological polar surface area (TPSA) is 99.0 Å². The van der Waals surface area contributed by atoms with Gasteiger partial charge in [0.2, 0.25) is 11.8 Å². The van der Waals surface area contributed by atoms with E-state index in [9.17, 15) is 8.42 Å². The zero-order valence-corrected chi connectivity index (χ0v) is 14.3. The van der Waals surface area contributed by atoms with Crippen LogP contribution in [0.3, 0.4) is 0 Å². The Morgan fingerprint density at radius 1 is 1.21 bits per heavy atom. The minimum absolute atomic E-state index is 0.0671. The fourth-order valence-electron chi connectivity index (χ4n) is 2.28. The van der Waals surface area contributed by atoms with Crippen LogP contribution in [-0.4, -0.2) is 35.3 Å². The molecule has 24 heavy (non-hydrogen) atoms. The van der Waals surface area contributed by atoms with Gasteiger partial charge in [0.25, 0.3) is 10.0 Å². The van der Waals surface area contributed by atoms with Crippen molar-refractivity contribution in [3.63, 3.8) is 0 Å². The summed E-state index contributed by atoms with van der Waals surface area (Å²) in [6, 6.07) is 6.67. The van der Waals surface area contributed by atoms with Crippen molar-refractivity contribution < 1.29 is 13.2 Å². The van der Waals surface area contributed by atoms with Crippen molar-refractivity contribution in [3.8, 4) is 5.88 Å². The second-order valence-corrected chi connectivity index (χ2v) is 6.85. The van der Waals surface area contributed by atoms with Crippen LogP contribution < -0.4 is 9.46 Å². The molecule has 0 bridgehead atoms. The first-order chi connectivity index (χ1) is 11.4. The Balaban J connectivity index is 1.99. The molecular formula is C15H17N5O3S. The number of aryl methyl sites for hydroxylation is 2. The zero-order chi connectivity index (χ0) is 17.3. The van der Waals surface area contributed by atoms with Crippen LogP contribution in [0, 0.1) is 0 Å². The van der Waals surface area contributed by atoms with Crippen molar-refractivity contribution in [1.82, 2.24) is 19.7 Å². The average molecular weight is 347 g/mol. The quantitative estimate of drug-likeness (QED) is 0.755. The minimum atomic E-state index is -3.79. The largest absolute Gasteiger partial charge is 0.480 e. The molecule has 3 aromatic rings. The third kappa shape index (κ3) is 2.90. The molecule has 2 aromatic heterocycles. The molecule has 0 spiro atoms. The maximum absolute atomic E-state index is 12.5. The van der Waals surface area contributed by atoms with Crippen molar-refractivity contribution >= 4 is 27.0 Å². The molecule has 0 saturated carbocycles. The SMILES string of the molecule is CCc1ccc(S(=O)(=O)Nc2nc(OC)c3cnn(C)c3n2)cc1. The average Bonchev–Trinajstić information content (AvgIpc) is 2.95. The summed E-state index contributed by atoms with van der Waals surface area (Å²) in [5, 5.41) is 4.68. The molecule has 3 rings (SSSR count). The molecule has 0 aliphatic rings. The normalized spacial score (nSPS) is 11.6. The monoisotopic (exact) mass is 347 g/mol. The van der Waals surface area contributed by atoms with Gasteiger partial charge >= 0.3 is 0 Å². The molecule has 0 saturated heterocycles. The van der Waals surface area contributed by atoms with Crippen molar-refractivity contribution in [2.24, 2.45) is 7.05 Å². The Labute approximate surface area is 139 Å². The first-order valence-electron chi connectivity index (χ1n) is 7.30. The number of nitrogens with zero attached hydrogens (tertiary/aromatic N) is 4. The molecular weight excluding hydrogens is 330 g/mol. The van der Waals surface area contributed by atoms with Gasteiger partial charge in [-0.1, -0.05) is 19.1 Å². The molecule has 0 fully saturated rings. The second-order valence-electron chi connectivity index (χ2n) is 5.16. The number of fused-ring (bicyclic) bond motifs is 1. The highest BCUT2D eigenvalue weighted by Crippen LogP contribution is 2.24. The first kappa shape index (κ1) is 16.2. The lowest BCUT2D eigenvalue weighted by molar-refractivity contribution is 0.403. The standard InChI is InChI=1S/C15H17N5O3S/c1-4-10-5-7-11(8-6-10)24(21,22)19-15-17-13-12(9-16-20(13)2)14(18-15)23-3/h5-9H,4H2,1-3H3,(H,17,18,19). The van der Waals surface area contributed by atoms with Gasteiger partial charge in [-0.3, -0.25) is 4.68 Å². The van der Waals surface area contributed by atoms with Gasteiger partial charge in [-0.15, -0.1) is 0 Å². The molecule has 0 aliphatic carbocycles. The molecule has 8 nitrogen and oxygen atoms in total. The Morgan fingerprint density at radius 2 is 1.92 bits per heavy atom. The van der Waals surface area contributed by atoms with Crippen molar-refractivity contribution in [2.75, 3.05) is 11.8 Å². The molecule has 0 aliphatic heterocycles. The second kappa shape index (κ2) is 6.08. The number of hydrogen-bond acceptors (Lipinski definition) is 6. The maximum Gasteiger partial charge on any atom is 0.264 e. The summed E-state index contributed by atoms with van der Waals surface area (Å²) in [5.41, 5.74) is 1.53. The lowest BCUT2D eigenvalue weighted by Gasteiger charge is -2.09. The third-order valence-corrected chi connectivity index (χ3v) is 4.96. The summed E-state index contributed by atoms with van der Waals surface area (Å²) in [4.78, 5) is 8.45. The fourth-order valence-corrected chi connectivity index (χ4v) is 3.22. The maximum atomic E-state index is 12.5. The Morgan fingerprint density at radius 3 is 2.54 bits per heavy atom. The van der Waals surface area contributed by atoms with Gasteiger partial charge in [0, 0.05) is 7.05 Å². The molecule has 1 aromatic carbocycles. The lowest BCUT2D eigenvalue weighted by Crippen LogP contribution is -2.15. The summed E-state index contributed by atoms with van der Waals surface area (Å²) >= 11 is 0. The van der Waals surface area contributed by atoms with Gasteiger partial charge in [-0.2, -0.15) is 15.1 Å². The van der Waals surface area contributed by atoms with Gasteiger partial charge < -0.3 is 4.74 Å². The van der Waals surface area contributed by atoms with E-state index in [2.05, 4.69) is 19.8 Å². The van der Waals surface area contributed by atoms with E-state index in [1.807, 2.05) is 6.92 Å². The first-order valence-corrected chi connectivity index (χ1v) is 8.78. The van der Waals surface area contributed by atoms with Gasteiger partial charge in [-0.05, 0) is 24.1 Å². The molecule has 126 valence electrons. The van der Waals surface area contributed by atoms with Crippen LogP contribution in [0.15, 0.2) is 35.4 Å². The number of ether oxygens (including phenoxy) is 1. The molecule has 0 atom stereocenters. The van der Waals surface area contributed by atoms with Crippen LogP contribution in [-0.2, 0) is 23.5 Å². The smallest absolute Gasteiger partial charge is 0.264 e. The predicted molar refractivity (Wildman–Crippen MR) is 89.5 cm³/mol. The minimum Gasteiger partial charge on any atom is -0.480 e.